The van der Waals surface area contributed by atoms with Crippen LogP contribution < -0.4 is 9.64 Å². The van der Waals surface area contributed by atoms with Gasteiger partial charge in [-0.3, -0.25) is 4.99 Å². The fourth-order valence-corrected chi connectivity index (χ4v) is 4.33. The molecule has 1 saturated heterocycles. The van der Waals surface area contributed by atoms with Gasteiger partial charge >= 0.3 is 0 Å². The first-order valence-electron chi connectivity index (χ1n) is 12.3. The molecule has 3 aromatic rings. The van der Waals surface area contributed by atoms with Crippen LogP contribution in [0.5, 0.6) is 5.75 Å². The number of allylic oxidation sites excluding steroid dienone is 1. The Labute approximate surface area is 213 Å². The Morgan fingerprint density at radius 3 is 2.75 bits per heavy atom. The van der Waals surface area contributed by atoms with E-state index in [1.807, 2.05) is 62.3 Å². The highest BCUT2D eigenvalue weighted by molar-refractivity contribution is 5.99. The van der Waals surface area contributed by atoms with Crippen molar-refractivity contribution in [3.05, 3.63) is 71.6 Å². The molecule has 1 atom stereocenters. The third-order valence-corrected chi connectivity index (χ3v) is 6.35. The number of hydrogen-bond donors (Lipinski definition) is 1. The molecule has 1 unspecified atom stereocenters. The van der Waals surface area contributed by atoms with Crippen LogP contribution in [-0.4, -0.2) is 72.8 Å². The molecule has 2 aromatic carbocycles. The normalized spacial score (nSPS) is 16.8. The number of aliphatic hydroxyl groups excluding tert-OH is 1. The number of hydrogen-bond acceptors (Lipinski definition) is 6. The van der Waals surface area contributed by atoms with E-state index in [1.54, 1.807) is 7.11 Å². The molecule has 1 fully saturated rings. The smallest absolute Gasteiger partial charge is 0.154 e. The monoisotopic (exact) mass is 485 g/mol. The lowest BCUT2D eigenvalue weighted by atomic mass is 10.0. The lowest BCUT2D eigenvalue weighted by molar-refractivity contribution is 0.188. The summed E-state index contributed by atoms with van der Waals surface area (Å²) < 4.78 is 5.50. The summed E-state index contributed by atoms with van der Waals surface area (Å²) in [4.78, 5) is 18.4. The summed E-state index contributed by atoms with van der Waals surface area (Å²) >= 11 is 0. The van der Waals surface area contributed by atoms with E-state index >= 15 is 0 Å². The first-order chi connectivity index (χ1) is 17.4. The summed E-state index contributed by atoms with van der Waals surface area (Å²) in [6.07, 6.45) is 6.41. The Hall–Kier alpha value is -3.71. The lowest BCUT2D eigenvalue weighted by Gasteiger charge is -2.19. The van der Waals surface area contributed by atoms with Gasteiger partial charge in [-0.25, -0.2) is 9.97 Å². The number of β-amino-alcohol motifs (C(OH)–C–C–N with tert-alkyl or cyclic N) is 1. The molecule has 0 amide bonds. The maximum absolute atomic E-state index is 10.1. The highest BCUT2D eigenvalue weighted by Crippen LogP contribution is 2.25. The number of aliphatic hydroxyl groups is 1. The van der Waals surface area contributed by atoms with Gasteiger partial charge in [0.15, 0.2) is 5.82 Å². The molecule has 2 heterocycles. The van der Waals surface area contributed by atoms with E-state index in [2.05, 4.69) is 36.1 Å². The van der Waals surface area contributed by atoms with Gasteiger partial charge in [-0.05, 0) is 67.3 Å². The summed E-state index contributed by atoms with van der Waals surface area (Å²) in [6.45, 7) is 5.96. The number of amidine groups is 1. The number of para-hydroxylation sites is 1. The van der Waals surface area contributed by atoms with Gasteiger partial charge in [0.2, 0.25) is 0 Å². The minimum absolute atomic E-state index is 0.325. The Morgan fingerprint density at radius 2 is 2.03 bits per heavy atom. The van der Waals surface area contributed by atoms with Gasteiger partial charge in [0, 0.05) is 32.6 Å². The summed E-state index contributed by atoms with van der Waals surface area (Å²) in [5.74, 6) is 3.28. The number of benzene rings is 2. The second kappa shape index (κ2) is 11.4. The van der Waals surface area contributed by atoms with Gasteiger partial charge in [-0.1, -0.05) is 30.3 Å². The number of fused-ring (bicyclic) bond motifs is 1. The molecule has 1 aromatic heterocycles. The molecule has 0 radical (unpaired) electrons. The average molecular weight is 486 g/mol. The number of ether oxygens (including phenoxy) is 1. The second-order valence-electron chi connectivity index (χ2n) is 9.32. The van der Waals surface area contributed by atoms with Crippen LogP contribution in [0.1, 0.15) is 30.3 Å². The maximum atomic E-state index is 10.1. The highest BCUT2D eigenvalue weighted by Gasteiger charge is 2.22. The Bertz CT molecular complexity index is 1310. The van der Waals surface area contributed by atoms with Crippen molar-refractivity contribution in [3.63, 3.8) is 0 Å². The Kier molecular flexibility index (Phi) is 8.00. The molecule has 7 nitrogen and oxygen atoms in total. The highest BCUT2D eigenvalue weighted by atomic mass is 16.5. The number of likely N-dealkylation sites (tertiary alicyclic amines) is 1. The van der Waals surface area contributed by atoms with Crippen LogP contribution >= 0.6 is 0 Å². The number of nitrogens with zero attached hydrogens (tertiary/aromatic N) is 5. The van der Waals surface area contributed by atoms with Crippen molar-refractivity contribution in [2.45, 2.75) is 26.4 Å². The first kappa shape index (κ1) is 25.4. The van der Waals surface area contributed by atoms with E-state index in [0.717, 1.165) is 58.0 Å². The van der Waals surface area contributed by atoms with Crippen molar-refractivity contribution in [2.75, 3.05) is 45.7 Å². The molecule has 4 rings (SSSR count). The third kappa shape index (κ3) is 5.91. The Balaban J connectivity index is 1.59. The van der Waals surface area contributed by atoms with Crippen LogP contribution in [0, 0.1) is 6.92 Å². The number of aryl methyl sites for hydroxylation is 1. The molecule has 7 heteroatoms. The molecular formula is C29H35N5O2. The van der Waals surface area contributed by atoms with E-state index in [-0.39, 0.29) is 6.10 Å². The summed E-state index contributed by atoms with van der Waals surface area (Å²) in [7, 11) is 5.67. The number of anilines is 1. The van der Waals surface area contributed by atoms with Gasteiger partial charge in [-0.2, -0.15) is 0 Å². The van der Waals surface area contributed by atoms with Gasteiger partial charge in [0.25, 0.3) is 0 Å². The zero-order valence-electron chi connectivity index (χ0n) is 21.8. The molecule has 0 spiro atoms. The summed E-state index contributed by atoms with van der Waals surface area (Å²) in [6, 6.07) is 14.2. The molecule has 0 saturated carbocycles. The van der Waals surface area contributed by atoms with Gasteiger partial charge < -0.3 is 19.6 Å². The van der Waals surface area contributed by atoms with E-state index in [0.29, 0.717) is 18.9 Å². The van der Waals surface area contributed by atoms with Crippen molar-refractivity contribution < 1.29 is 9.84 Å². The molecular weight excluding hydrogens is 450 g/mol. The van der Waals surface area contributed by atoms with Gasteiger partial charge in [0.1, 0.15) is 17.4 Å². The quantitative estimate of drug-likeness (QED) is 0.390. The molecule has 36 heavy (non-hydrogen) atoms. The van der Waals surface area contributed by atoms with Crippen LogP contribution in [0.3, 0.4) is 0 Å². The van der Waals surface area contributed by atoms with Crippen LogP contribution in [0.2, 0.25) is 0 Å². The molecule has 1 aliphatic rings. The molecule has 1 aliphatic heterocycles. The zero-order valence-corrected chi connectivity index (χ0v) is 21.8. The van der Waals surface area contributed by atoms with E-state index in [9.17, 15) is 5.11 Å². The van der Waals surface area contributed by atoms with Crippen LogP contribution in [0.4, 0.5) is 5.82 Å². The van der Waals surface area contributed by atoms with Crippen LogP contribution in [0.15, 0.2) is 59.6 Å². The largest absolute Gasteiger partial charge is 0.496 e. The standard InChI is InChI=1S/C29H35N5O2/c1-20-12-13-22(18-26(20)36-5)21(2)17-28(34-16-14-23(35)19-34)30-15-8-11-27-31-25-10-7-6-9-24(25)29(32-27)33(3)4/h6-13,17-18,23,35H,14-16,19H2,1-5H3. The third-order valence-electron chi connectivity index (χ3n) is 6.35. The molecule has 0 bridgehead atoms. The second-order valence-corrected chi connectivity index (χ2v) is 9.32. The van der Waals surface area contributed by atoms with E-state index < -0.39 is 0 Å². The molecule has 0 aliphatic carbocycles. The van der Waals surface area contributed by atoms with Crippen molar-refractivity contribution in [3.8, 4) is 5.75 Å². The summed E-state index contributed by atoms with van der Waals surface area (Å²) in [5, 5.41) is 11.1. The SMILES string of the molecule is COc1cc(C(C)=CC(=NCC=Cc2nc(N(C)C)c3ccccc3n2)N2CCC(O)C2)ccc1C. The minimum Gasteiger partial charge on any atom is -0.496 e. The van der Waals surface area contributed by atoms with Crippen LogP contribution in [0.25, 0.3) is 22.6 Å². The van der Waals surface area contributed by atoms with Crippen molar-refractivity contribution in [2.24, 2.45) is 4.99 Å². The lowest BCUT2D eigenvalue weighted by Crippen LogP contribution is -2.28. The molecule has 188 valence electrons. The number of aliphatic imine (C=N–C) groups is 1. The van der Waals surface area contributed by atoms with Crippen molar-refractivity contribution in [1.82, 2.24) is 14.9 Å². The van der Waals surface area contributed by atoms with Crippen molar-refractivity contribution in [1.29, 1.82) is 0 Å². The Morgan fingerprint density at radius 1 is 1.22 bits per heavy atom. The fourth-order valence-electron chi connectivity index (χ4n) is 4.33. The topological polar surface area (TPSA) is 74.1 Å². The zero-order chi connectivity index (χ0) is 25.7. The maximum Gasteiger partial charge on any atom is 0.154 e. The number of aromatic nitrogens is 2. The fraction of sp³-hybridized carbons (Fsp3) is 0.345. The van der Waals surface area contributed by atoms with Crippen molar-refractivity contribution >= 4 is 34.2 Å². The predicted octanol–water partition coefficient (Wildman–Crippen LogP) is 4.59. The number of methoxy groups -OCH3 is 1. The first-order valence-corrected chi connectivity index (χ1v) is 12.3. The summed E-state index contributed by atoms with van der Waals surface area (Å²) in [5.41, 5.74) is 4.19. The van der Waals surface area contributed by atoms with E-state index in [4.69, 9.17) is 19.7 Å². The molecule has 1 N–H and O–H groups in total. The van der Waals surface area contributed by atoms with Gasteiger partial charge in [-0.15, -0.1) is 0 Å². The van der Waals surface area contributed by atoms with Gasteiger partial charge in [0.05, 0.1) is 25.3 Å². The van der Waals surface area contributed by atoms with E-state index in [1.165, 1.54) is 0 Å². The minimum atomic E-state index is -0.325. The van der Waals surface area contributed by atoms with Crippen LogP contribution in [-0.2, 0) is 0 Å². The predicted molar refractivity (Wildman–Crippen MR) is 149 cm³/mol. The number of rotatable bonds is 7. The average Bonchev–Trinajstić information content (AvgIpc) is 3.31.